The molecule has 1 saturated heterocycles. The summed E-state index contributed by atoms with van der Waals surface area (Å²) in [5.41, 5.74) is 0.242. The topological polar surface area (TPSA) is 52.1 Å². The molecular weight excluding hydrogens is 465 g/mol. The summed E-state index contributed by atoms with van der Waals surface area (Å²) in [5, 5.41) is 7.20. The second kappa shape index (κ2) is 13.2. The number of halogens is 1. The Morgan fingerprint density at radius 1 is 1.14 bits per heavy atom. The highest BCUT2D eigenvalue weighted by Crippen LogP contribution is 2.48. The van der Waals surface area contributed by atoms with Crippen molar-refractivity contribution in [3.05, 3.63) is 0 Å². The van der Waals surface area contributed by atoms with Crippen LogP contribution in [0, 0.1) is 5.41 Å². The van der Waals surface area contributed by atoms with Crippen LogP contribution in [0.25, 0.3) is 0 Å². The molecule has 1 aliphatic carbocycles. The van der Waals surface area contributed by atoms with Crippen molar-refractivity contribution in [2.24, 2.45) is 10.4 Å². The van der Waals surface area contributed by atoms with Gasteiger partial charge in [0, 0.05) is 44.7 Å². The molecule has 0 spiro atoms. The van der Waals surface area contributed by atoms with Crippen molar-refractivity contribution in [2.75, 3.05) is 60.0 Å². The molecule has 1 saturated carbocycles. The van der Waals surface area contributed by atoms with E-state index in [0.29, 0.717) is 12.1 Å². The molecule has 2 aliphatic rings. The van der Waals surface area contributed by atoms with Crippen molar-refractivity contribution >= 4 is 29.9 Å². The fourth-order valence-corrected chi connectivity index (χ4v) is 4.78. The van der Waals surface area contributed by atoms with Crippen LogP contribution in [-0.4, -0.2) is 87.9 Å². The molecule has 1 heterocycles. The van der Waals surface area contributed by atoms with Gasteiger partial charge >= 0.3 is 0 Å². The molecule has 28 heavy (non-hydrogen) atoms. The van der Waals surface area contributed by atoms with Gasteiger partial charge in [-0.2, -0.15) is 0 Å². The quantitative estimate of drug-likeness (QED) is 0.217. The van der Waals surface area contributed by atoms with E-state index >= 15 is 0 Å². The Labute approximate surface area is 190 Å². The number of ether oxygens (including phenoxy) is 1. The first kappa shape index (κ1) is 25.9. The van der Waals surface area contributed by atoms with Gasteiger partial charge in [0.25, 0.3) is 0 Å². The van der Waals surface area contributed by atoms with Crippen LogP contribution in [0.3, 0.4) is 0 Å². The molecule has 0 aromatic heterocycles. The second-order valence-corrected chi connectivity index (χ2v) is 8.17. The first-order valence-corrected chi connectivity index (χ1v) is 11.1. The van der Waals surface area contributed by atoms with Gasteiger partial charge in [0.15, 0.2) is 5.96 Å². The Kier molecular flexibility index (Phi) is 12.3. The highest BCUT2D eigenvalue weighted by molar-refractivity contribution is 14.0. The molecule has 2 unspecified atom stereocenters. The fraction of sp³-hybridized carbons (Fsp3) is 0.952. The smallest absolute Gasteiger partial charge is 0.191 e. The SMILES string of the molecule is CCOC1CC(NC(=NC)NCCCN2CCCN(C)CC2)C1(CC)CC.I. The van der Waals surface area contributed by atoms with Gasteiger partial charge in [-0.05, 0) is 65.7 Å². The molecule has 166 valence electrons. The minimum atomic E-state index is 0. The van der Waals surface area contributed by atoms with Crippen molar-refractivity contribution in [3.63, 3.8) is 0 Å². The lowest BCUT2D eigenvalue weighted by atomic mass is 9.58. The van der Waals surface area contributed by atoms with Gasteiger partial charge < -0.3 is 25.2 Å². The monoisotopic (exact) mass is 509 g/mol. The van der Waals surface area contributed by atoms with E-state index in [1.165, 1.54) is 39.1 Å². The summed E-state index contributed by atoms with van der Waals surface area (Å²) in [7, 11) is 4.10. The Hall–Kier alpha value is -0.120. The summed E-state index contributed by atoms with van der Waals surface area (Å²) in [5.74, 6) is 0.942. The van der Waals surface area contributed by atoms with Crippen molar-refractivity contribution in [1.29, 1.82) is 0 Å². The molecule has 7 heteroatoms. The molecule has 0 aromatic carbocycles. The first-order chi connectivity index (χ1) is 13.1. The van der Waals surface area contributed by atoms with Crippen LogP contribution in [-0.2, 0) is 4.74 Å². The normalized spacial score (nSPS) is 26.1. The van der Waals surface area contributed by atoms with Crippen LogP contribution < -0.4 is 10.6 Å². The molecule has 6 nitrogen and oxygen atoms in total. The van der Waals surface area contributed by atoms with Gasteiger partial charge in [-0.25, -0.2) is 0 Å². The van der Waals surface area contributed by atoms with E-state index < -0.39 is 0 Å². The summed E-state index contributed by atoms with van der Waals surface area (Å²) in [6.07, 6.45) is 6.19. The van der Waals surface area contributed by atoms with Crippen molar-refractivity contribution in [1.82, 2.24) is 20.4 Å². The average Bonchev–Trinajstić information content (AvgIpc) is 2.88. The van der Waals surface area contributed by atoms with Gasteiger partial charge in [-0.15, -0.1) is 24.0 Å². The third-order valence-electron chi connectivity index (χ3n) is 6.76. The van der Waals surface area contributed by atoms with Crippen molar-refractivity contribution in [3.8, 4) is 0 Å². The fourth-order valence-electron chi connectivity index (χ4n) is 4.78. The molecule has 2 N–H and O–H groups in total. The van der Waals surface area contributed by atoms with Crippen LogP contribution >= 0.6 is 24.0 Å². The van der Waals surface area contributed by atoms with Gasteiger partial charge in [-0.3, -0.25) is 4.99 Å². The van der Waals surface area contributed by atoms with Gasteiger partial charge in [-0.1, -0.05) is 13.8 Å². The first-order valence-electron chi connectivity index (χ1n) is 11.1. The predicted molar refractivity (Wildman–Crippen MR) is 130 cm³/mol. The molecule has 2 rings (SSSR count). The maximum absolute atomic E-state index is 6.00. The molecule has 2 fully saturated rings. The number of likely N-dealkylation sites (N-methyl/N-ethyl adjacent to an activating group) is 1. The number of hydrogen-bond acceptors (Lipinski definition) is 4. The van der Waals surface area contributed by atoms with E-state index in [4.69, 9.17) is 4.74 Å². The van der Waals surface area contributed by atoms with E-state index in [2.05, 4.69) is 53.2 Å². The maximum Gasteiger partial charge on any atom is 0.191 e. The zero-order chi connectivity index (χ0) is 19.7. The minimum absolute atomic E-state index is 0. The molecule has 0 amide bonds. The minimum Gasteiger partial charge on any atom is -0.378 e. The highest BCUT2D eigenvalue weighted by atomic mass is 127. The zero-order valence-corrected chi connectivity index (χ0v) is 21.1. The van der Waals surface area contributed by atoms with E-state index in [9.17, 15) is 0 Å². The molecule has 0 bridgehead atoms. The largest absolute Gasteiger partial charge is 0.378 e. The van der Waals surface area contributed by atoms with Crippen molar-refractivity contribution in [2.45, 2.75) is 65.0 Å². The van der Waals surface area contributed by atoms with E-state index in [1.807, 2.05) is 7.05 Å². The Balaban J connectivity index is 0.00000392. The lowest BCUT2D eigenvalue weighted by molar-refractivity contribution is -0.133. The Morgan fingerprint density at radius 3 is 2.54 bits per heavy atom. The lowest BCUT2D eigenvalue weighted by Crippen LogP contribution is -2.65. The van der Waals surface area contributed by atoms with Crippen LogP contribution in [0.2, 0.25) is 0 Å². The highest BCUT2D eigenvalue weighted by Gasteiger charge is 2.53. The number of nitrogens with zero attached hydrogens (tertiary/aromatic N) is 3. The van der Waals surface area contributed by atoms with E-state index in [1.54, 1.807) is 0 Å². The third-order valence-corrected chi connectivity index (χ3v) is 6.76. The van der Waals surface area contributed by atoms with E-state index in [0.717, 1.165) is 44.8 Å². The number of hydrogen-bond donors (Lipinski definition) is 2. The van der Waals surface area contributed by atoms with Crippen LogP contribution in [0.15, 0.2) is 4.99 Å². The summed E-state index contributed by atoms with van der Waals surface area (Å²) < 4.78 is 6.00. The predicted octanol–water partition coefficient (Wildman–Crippen LogP) is 2.78. The molecule has 0 aromatic rings. The van der Waals surface area contributed by atoms with Crippen LogP contribution in [0.1, 0.15) is 52.9 Å². The van der Waals surface area contributed by atoms with Gasteiger partial charge in [0.2, 0.25) is 0 Å². The number of nitrogens with one attached hydrogen (secondary N) is 2. The molecule has 0 radical (unpaired) electrons. The molecule has 2 atom stereocenters. The molecular formula is C21H44IN5O. The second-order valence-electron chi connectivity index (χ2n) is 8.17. The number of rotatable bonds is 9. The summed E-state index contributed by atoms with van der Waals surface area (Å²) in [4.78, 5) is 9.49. The standard InChI is InChI=1S/C21H43N5O.HI/c1-6-21(7-2)18(17-19(21)27-8-3)24-20(22-4)23-11-9-13-26-14-10-12-25(5)15-16-26;/h18-19H,6-17H2,1-5H3,(H2,22,23,24);1H. The molecule has 1 aliphatic heterocycles. The summed E-state index contributed by atoms with van der Waals surface area (Å²) >= 11 is 0. The Bertz CT molecular complexity index is 458. The Morgan fingerprint density at radius 2 is 1.89 bits per heavy atom. The summed E-state index contributed by atoms with van der Waals surface area (Å²) in [6, 6.07) is 0.455. The lowest BCUT2D eigenvalue weighted by Gasteiger charge is -2.55. The number of aliphatic imine (C=N–C) groups is 1. The average molecular weight is 510 g/mol. The van der Waals surface area contributed by atoms with Crippen molar-refractivity contribution < 1.29 is 4.74 Å². The zero-order valence-electron chi connectivity index (χ0n) is 18.8. The van der Waals surface area contributed by atoms with E-state index in [-0.39, 0.29) is 29.4 Å². The van der Waals surface area contributed by atoms with Gasteiger partial charge in [0.05, 0.1) is 6.10 Å². The third kappa shape index (κ3) is 6.71. The summed E-state index contributed by atoms with van der Waals surface area (Å²) in [6.45, 7) is 14.5. The maximum atomic E-state index is 6.00. The van der Waals surface area contributed by atoms with Gasteiger partial charge in [0.1, 0.15) is 0 Å². The van der Waals surface area contributed by atoms with Crippen LogP contribution in [0.4, 0.5) is 0 Å². The number of guanidine groups is 1. The van der Waals surface area contributed by atoms with Crippen LogP contribution in [0.5, 0.6) is 0 Å².